The number of hydrogen-bond donors (Lipinski definition) is 1. The summed E-state index contributed by atoms with van der Waals surface area (Å²) < 4.78 is 1.20. The van der Waals surface area contributed by atoms with Crippen LogP contribution in [0, 0.1) is 0 Å². The Morgan fingerprint density at radius 1 is 1.50 bits per heavy atom. The van der Waals surface area contributed by atoms with Gasteiger partial charge in [0.2, 0.25) is 0 Å². The van der Waals surface area contributed by atoms with Crippen LogP contribution < -0.4 is 5.73 Å². The molecule has 0 heterocycles. The molecule has 0 amide bonds. The van der Waals surface area contributed by atoms with Gasteiger partial charge in [0.1, 0.15) is 0 Å². The first-order valence-electron chi connectivity index (χ1n) is 3.32. The fourth-order valence-corrected chi connectivity index (χ4v) is 1.88. The molecule has 0 radical (unpaired) electrons. The summed E-state index contributed by atoms with van der Waals surface area (Å²) in [4.78, 5) is 0. The Bertz CT molecular complexity index is 270. The van der Waals surface area contributed by atoms with Gasteiger partial charge in [0.05, 0.1) is 0 Å². The third-order valence-corrected chi connectivity index (χ3v) is 2.72. The van der Waals surface area contributed by atoms with E-state index in [1.807, 2.05) is 6.07 Å². The zero-order valence-corrected chi connectivity index (χ0v) is 7.06. The van der Waals surface area contributed by atoms with Crippen molar-refractivity contribution in [3.05, 3.63) is 33.8 Å². The van der Waals surface area contributed by atoms with Crippen LogP contribution >= 0.6 is 15.9 Å². The molecule has 1 nitrogen and oxygen atoms in total. The topological polar surface area (TPSA) is 26.0 Å². The van der Waals surface area contributed by atoms with Crippen molar-refractivity contribution in [1.82, 2.24) is 0 Å². The molecule has 2 N–H and O–H groups in total. The van der Waals surface area contributed by atoms with E-state index in [1.165, 1.54) is 15.6 Å². The van der Waals surface area contributed by atoms with Gasteiger partial charge in [-0.3, -0.25) is 0 Å². The van der Waals surface area contributed by atoms with E-state index < -0.39 is 0 Å². The Labute approximate surface area is 68.4 Å². The van der Waals surface area contributed by atoms with Gasteiger partial charge < -0.3 is 5.73 Å². The fourth-order valence-electron chi connectivity index (χ4n) is 1.34. The van der Waals surface area contributed by atoms with Gasteiger partial charge in [0, 0.05) is 10.5 Å². The molecule has 1 aliphatic carbocycles. The van der Waals surface area contributed by atoms with Gasteiger partial charge in [0.25, 0.3) is 0 Å². The van der Waals surface area contributed by atoms with E-state index >= 15 is 0 Å². The van der Waals surface area contributed by atoms with E-state index in [9.17, 15) is 0 Å². The molecular weight excluding hydrogens is 190 g/mol. The maximum absolute atomic E-state index is 5.74. The first-order chi connectivity index (χ1) is 4.79. The van der Waals surface area contributed by atoms with Crippen molar-refractivity contribution in [1.29, 1.82) is 0 Å². The highest BCUT2D eigenvalue weighted by Crippen LogP contribution is 2.35. The van der Waals surface area contributed by atoms with Crippen LogP contribution in [-0.2, 0) is 6.42 Å². The minimum Gasteiger partial charge on any atom is -0.324 e. The van der Waals surface area contributed by atoms with E-state index in [-0.39, 0.29) is 6.04 Å². The highest BCUT2D eigenvalue weighted by atomic mass is 79.9. The van der Waals surface area contributed by atoms with Crippen molar-refractivity contribution in [2.75, 3.05) is 0 Å². The van der Waals surface area contributed by atoms with Crippen molar-refractivity contribution >= 4 is 15.9 Å². The lowest BCUT2D eigenvalue weighted by atomic mass is 9.84. The molecule has 1 unspecified atom stereocenters. The molecule has 0 aliphatic heterocycles. The number of nitrogens with two attached hydrogens (primary N) is 1. The Kier molecular flexibility index (Phi) is 1.32. The molecule has 0 saturated carbocycles. The summed E-state index contributed by atoms with van der Waals surface area (Å²) >= 11 is 3.47. The van der Waals surface area contributed by atoms with Crippen LogP contribution in [0.15, 0.2) is 22.7 Å². The van der Waals surface area contributed by atoms with Gasteiger partial charge in [0.15, 0.2) is 0 Å². The van der Waals surface area contributed by atoms with Crippen LogP contribution in [0.1, 0.15) is 17.2 Å². The summed E-state index contributed by atoms with van der Waals surface area (Å²) in [5, 5.41) is 0. The van der Waals surface area contributed by atoms with Crippen LogP contribution in [0.25, 0.3) is 0 Å². The quantitative estimate of drug-likeness (QED) is 0.677. The van der Waals surface area contributed by atoms with Crippen molar-refractivity contribution in [2.45, 2.75) is 12.5 Å². The zero-order valence-electron chi connectivity index (χ0n) is 5.47. The molecule has 10 heavy (non-hydrogen) atoms. The molecule has 1 aromatic carbocycles. The van der Waals surface area contributed by atoms with Gasteiger partial charge in [-0.2, -0.15) is 0 Å². The van der Waals surface area contributed by atoms with E-state index in [0.717, 1.165) is 6.42 Å². The lowest BCUT2D eigenvalue weighted by molar-refractivity contribution is 0.633. The van der Waals surface area contributed by atoms with Gasteiger partial charge in [-0.05, 0) is 23.6 Å². The highest BCUT2D eigenvalue weighted by molar-refractivity contribution is 9.10. The summed E-state index contributed by atoms with van der Waals surface area (Å²) in [7, 11) is 0. The number of fused-ring (bicyclic) bond motifs is 1. The van der Waals surface area contributed by atoms with Gasteiger partial charge in [-0.15, -0.1) is 0 Å². The number of rotatable bonds is 0. The Morgan fingerprint density at radius 2 is 2.30 bits per heavy atom. The highest BCUT2D eigenvalue weighted by Gasteiger charge is 2.23. The smallest absolute Gasteiger partial charge is 0.0339 e. The second-order valence-corrected chi connectivity index (χ2v) is 3.47. The molecular formula is C8H8BrN. The molecule has 2 heteroatoms. The molecule has 0 saturated heterocycles. The first kappa shape index (κ1) is 6.38. The van der Waals surface area contributed by atoms with Crippen molar-refractivity contribution in [2.24, 2.45) is 5.73 Å². The van der Waals surface area contributed by atoms with Crippen LogP contribution in [0.2, 0.25) is 0 Å². The molecule has 0 spiro atoms. The van der Waals surface area contributed by atoms with Crippen molar-refractivity contribution < 1.29 is 0 Å². The monoisotopic (exact) mass is 197 g/mol. The average molecular weight is 198 g/mol. The molecule has 0 aromatic heterocycles. The first-order valence-corrected chi connectivity index (χ1v) is 4.11. The molecule has 1 aromatic rings. The Morgan fingerprint density at radius 3 is 2.90 bits per heavy atom. The number of halogens is 1. The van der Waals surface area contributed by atoms with Crippen LogP contribution in [0.3, 0.4) is 0 Å². The average Bonchev–Trinajstić information content (AvgIpc) is 1.91. The van der Waals surface area contributed by atoms with E-state index in [4.69, 9.17) is 5.73 Å². The Hall–Kier alpha value is -0.340. The van der Waals surface area contributed by atoms with E-state index in [2.05, 4.69) is 28.1 Å². The van der Waals surface area contributed by atoms with Crippen molar-refractivity contribution in [3.8, 4) is 0 Å². The number of hydrogen-bond acceptors (Lipinski definition) is 1. The van der Waals surface area contributed by atoms with Gasteiger partial charge >= 0.3 is 0 Å². The summed E-state index contributed by atoms with van der Waals surface area (Å²) in [5.41, 5.74) is 8.42. The zero-order chi connectivity index (χ0) is 7.14. The van der Waals surface area contributed by atoms with Gasteiger partial charge in [-0.25, -0.2) is 0 Å². The minimum atomic E-state index is 0.285. The molecule has 2 rings (SSSR count). The fraction of sp³-hybridized carbons (Fsp3) is 0.250. The summed E-state index contributed by atoms with van der Waals surface area (Å²) in [5.74, 6) is 0. The molecule has 1 atom stereocenters. The van der Waals surface area contributed by atoms with Crippen molar-refractivity contribution in [3.63, 3.8) is 0 Å². The van der Waals surface area contributed by atoms with E-state index in [0.29, 0.717) is 0 Å². The molecule has 0 fully saturated rings. The van der Waals surface area contributed by atoms with Crippen LogP contribution in [0.5, 0.6) is 0 Å². The summed E-state index contributed by atoms with van der Waals surface area (Å²) in [6, 6.07) is 6.47. The van der Waals surface area contributed by atoms with Crippen LogP contribution in [-0.4, -0.2) is 0 Å². The van der Waals surface area contributed by atoms with E-state index in [1.54, 1.807) is 0 Å². The molecule has 52 valence electrons. The minimum absolute atomic E-state index is 0.285. The third-order valence-electron chi connectivity index (χ3n) is 1.98. The predicted octanol–water partition coefficient (Wildman–Crippen LogP) is 2.00. The lowest BCUT2D eigenvalue weighted by Crippen LogP contribution is -2.24. The summed E-state index contributed by atoms with van der Waals surface area (Å²) in [6.07, 6.45) is 1.02. The third kappa shape index (κ3) is 0.724. The molecule has 1 aliphatic rings. The Balaban J connectivity index is 2.56. The second-order valence-electron chi connectivity index (χ2n) is 2.62. The largest absolute Gasteiger partial charge is 0.324 e. The predicted molar refractivity (Wildman–Crippen MR) is 44.8 cm³/mol. The summed E-state index contributed by atoms with van der Waals surface area (Å²) in [6.45, 7) is 0. The maximum atomic E-state index is 5.74. The second kappa shape index (κ2) is 2.07. The van der Waals surface area contributed by atoms with Crippen LogP contribution in [0.4, 0.5) is 0 Å². The number of benzene rings is 1. The lowest BCUT2D eigenvalue weighted by Gasteiger charge is -2.27. The normalized spacial score (nSPS) is 21.6. The SMILES string of the molecule is NC1Cc2c(Br)cccc21. The standard InChI is InChI=1S/C8H8BrN/c9-7-3-1-2-5-6(7)4-8(5)10/h1-3,8H,4,10H2. The maximum Gasteiger partial charge on any atom is 0.0339 e. The molecule has 0 bridgehead atoms. The van der Waals surface area contributed by atoms with Gasteiger partial charge in [-0.1, -0.05) is 28.1 Å².